The van der Waals surface area contributed by atoms with Gasteiger partial charge in [0.15, 0.2) is 0 Å². The van der Waals surface area contributed by atoms with Crippen LogP contribution >= 0.6 is 10.7 Å². The molecule has 0 aliphatic heterocycles. The van der Waals surface area contributed by atoms with Crippen LogP contribution in [0.4, 0.5) is 0 Å². The maximum absolute atomic E-state index is 11.2. The number of fused-ring (bicyclic) bond motifs is 1. The summed E-state index contributed by atoms with van der Waals surface area (Å²) in [6, 6.07) is 6.98. The molecule has 0 radical (unpaired) electrons. The van der Waals surface area contributed by atoms with Gasteiger partial charge in [-0.05, 0) is 6.92 Å². The van der Waals surface area contributed by atoms with Crippen LogP contribution in [-0.4, -0.2) is 18.6 Å². The van der Waals surface area contributed by atoms with Crippen molar-refractivity contribution in [3.05, 3.63) is 30.0 Å². The van der Waals surface area contributed by atoms with Crippen LogP contribution in [-0.2, 0) is 9.05 Å². The first-order valence-electron chi connectivity index (χ1n) is 4.17. The second kappa shape index (κ2) is 3.43. The number of nitrogens with zero attached hydrogens (tertiary/aromatic N) is 2. The van der Waals surface area contributed by atoms with Gasteiger partial charge < -0.3 is 0 Å². The third-order valence-corrected chi connectivity index (χ3v) is 3.27. The van der Waals surface area contributed by atoms with E-state index in [2.05, 4.69) is 10.2 Å². The minimum absolute atomic E-state index is 0.189. The molecule has 0 atom stereocenters. The van der Waals surface area contributed by atoms with E-state index in [9.17, 15) is 8.42 Å². The predicted molar refractivity (Wildman–Crippen MR) is 57.3 cm³/mol. The van der Waals surface area contributed by atoms with Crippen LogP contribution in [0.25, 0.3) is 10.8 Å². The maximum Gasteiger partial charge on any atom is 0.281 e. The molecule has 0 aliphatic carbocycles. The van der Waals surface area contributed by atoms with Crippen LogP contribution < -0.4 is 0 Å². The van der Waals surface area contributed by atoms with Gasteiger partial charge in [0.1, 0.15) is 0 Å². The van der Waals surface area contributed by atoms with Crippen molar-refractivity contribution in [2.45, 2.75) is 11.9 Å². The smallest absolute Gasteiger partial charge is 0.205 e. The summed E-state index contributed by atoms with van der Waals surface area (Å²) >= 11 is 0. The molecule has 4 nitrogen and oxygen atoms in total. The lowest BCUT2D eigenvalue weighted by Crippen LogP contribution is -2.00. The second-order valence-corrected chi connectivity index (χ2v) is 5.56. The molecule has 6 heteroatoms. The Bertz CT molecular complexity index is 625. The summed E-state index contributed by atoms with van der Waals surface area (Å²) in [6.45, 7) is 1.76. The van der Waals surface area contributed by atoms with Crippen LogP contribution in [0.15, 0.2) is 29.3 Å². The summed E-state index contributed by atoms with van der Waals surface area (Å²) < 4.78 is 22.4. The lowest BCUT2D eigenvalue weighted by molar-refractivity contribution is 0.605. The molecule has 0 N–H and O–H groups in total. The van der Waals surface area contributed by atoms with Crippen molar-refractivity contribution >= 4 is 30.5 Å². The van der Waals surface area contributed by atoms with Gasteiger partial charge >= 0.3 is 0 Å². The van der Waals surface area contributed by atoms with Gasteiger partial charge in [-0.15, -0.1) is 5.10 Å². The van der Waals surface area contributed by atoms with E-state index in [1.165, 1.54) is 0 Å². The molecule has 1 aromatic carbocycles. The molecule has 0 bridgehead atoms. The van der Waals surface area contributed by atoms with Crippen molar-refractivity contribution in [2.75, 3.05) is 0 Å². The van der Waals surface area contributed by atoms with Crippen LogP contribution in [0.3, 0.4) is 0 Å². The molecule has 15 heavy (non-hydrogen) atoms. The highest BCUT2D eigenvalue weighted by atomic mass is 35.7. The number of halogens is 1. The predicted octanol–water partition coefficient (Wildman–Crippen LogP) is 1.87. The topological polar surface area (TPSA) is 59.9 Å². The highest BCUT2D eigenvalue weighted by Gasteiger charge is 2.17. The Balaban J connectivity index is 2.96. The minimum Gasteiger partial charge on any atom is -0.205 e. The number of benzene rings is 1. The van der Waals surface area contributed by atoms with E-state index in [-0.39, 0.29) is 5.03 Å². The molecule has 0 saturated heterocycles. The molecule has 0 spiro atoms. The van der Waals surface area contributed by atoms with Crippen molar-refractivity contribution in [3.8, 4) is 0 Å². The fourth-order valence-corrected chi connectivity index (χ4v) is 2.31. The van der Waals surface area contributed by atoms with Crippen molar-refractivity contribution < 1.29 is 8.42 Å². The average molecular weight is 243 g/mol. The number of aryl methyl sites for hydroxylation is 1. The highest BCUT2D eigenvalue weighted by molar-refractivity contribution is 8.13. The molecule has 2 aromatic rings. The number of hydrogen-bond donors (Lipinski definition) is 0. The molecular formula is C9H7ClN2O2S. The van der Waals surface area contributed by atoms with Crippen molar-refractivity contribution in [1.29, 1.82) is 0 Å². The first kappa shape index (κ1) is 10.3. The summed E-state index contributed by atoms with van der Waals surface area (Å²) in [5.41, 5.74) is 0.676. The molecular weight excluding hydrogens is 236 g/mol. The lowest BCUT2D eigenvalue weighted by atomic mass is 10.1. The summed E-state index contributed by atoms with van der Waals surface area (Å²) in [4.78, 5) is 0. The van der Waals surface area contributed by atoms with E-state index < -0.39 is 9.05 Å². The Morgan fingerprint density at radius 3 is 2.33 bits per heavy atom. The Morgan fingerprint density at radius 2 is 1.73 bits per heavy atom. The van der Waals surface area contributed by atoms with E-state index in [4.69, 9.17) is 10.7 Å². The molecule has 1 aromatic heterocycles. The van der Waals surface area contributed by atoms with Gasteiger partial charge in [-0.25, -0.2) is 8.42 Å². The van der Waals surface area contributed by atoms with E-state index in [1.54, 1.807) is 25.1 Å². The Kier molecular flexibility index (Phi) is 2.36. The zero-order chi connectivity index (χ0) is 11.1. The van der Waals surface area contributed by atoms with Gasteiger partial charge in [0.25, 0.3) is 9.05 Å². The fraction of sp³-hybridized carbons (Fsp3) is 0.111. The average Bonchev–Trinajstić information content (AvgIpc) is 2.17. The molecule has 0 saturated carbocycles. The molecule has 0 amide bonds. The molecule has 0 aliphatic rings. The molecule has 78 valence electrons. The van der Waals surface area contributed by atoms with E-state index in [0.717, 1.165) is 5.39 Å². The Hall–Kier alpha value is -1.20. The molecule has 0 fully saturated rings. The summed E-state index contributed by atoms with van der Waals surface area (Å²) in [5.74, 6) is 0. The SMILES string of the molecule is Cc1nnc(S(=O)(=O)Cl)c2ccccc12. The maximum atomic E-state index is 11.2. The number of aromatic nitrogens is 2. The van der Waals surface area contributed by atoms with Gasteiger partial charge in [0.2, 0.25) is 5.03 Å². The standard InChI is InChI=1S/C9H7ClN2O2S/c1-6-7-4-2-3-5-8(7)9(12-11-6)15(10,13)14/h2-5H,1H3. The van der Waals surface area contributed by atoms with Crippen molar-refractivity contribution in [3.63, 3.8) is 0 Å². The third-order valence-electron chi connectivity index (χ3n) is 2.07. The van der Waals surface area contributed by atoms with Crippen molar-refractivity contribution in [2.24, 2.45) is 0 Å². The highest BCUT2D eigenvalue weighted by Crippen LogP contribution is 2.24. The Labute approximate surface area is 91.3 Å². The zero-order valence-corrected chi connectivity index (χ0v) is 9.38. The van der Waals surface area contributed by atoms with E-state index in [0.29, 0.717) is 11.1 Å². The van der Waals surface area contributed by atoms with Gasteiger partial charge in [-0.1, -0.05) is 24.3 Å². The number of hydrogen-bond acceptors (Lipinski definition) is 4. The fourth-order valence-electron chi connectivity index (χ4n) is 1.39. The normalized spacial score (nSPS) is 11.9. The van der Waals surface area contributed by atoms with Crippen LogP contribution in [0.2, 0.25) is 0 Å². The van der Waals surface area contributed by atoms with E-state index in [1.807, 2.05) is 6.07 Å². The van der Waals surface area contributed by atoms with Gasteiger partial charge in [-0.2, -0.15) is 5.10 Å². The van der Waals surface area contributed by atoms with Gasteiger partial charge in [-0.3, -0.25) is 0 Å². The molecule has 2 rings (SSSR count). The van der Waals surface area contributed by atoms with Gasteiger partial charge in [0.05, 0.1) is 5.69 Å². The van der Waals surface area contributed by atoms with Gasteiger partial charge in [0, 0.05) is 21.5 Å². The first-order chi connectivity index (χ1) is 7.00. The Morgan fingerprint density at radius 1 is 1.13 bits per heavy atom. The summed E-state index contributed by atoms with van der Waals surface area (Å²) in [7, 11) is 1.41. The first-order valence-corrected chi connectivity index (χ1v) is 6.48. The third kappa shape index (κ3) is 1.80. The molecule has 0 unspecified atom stereocenters. The van der Waals surface area contributed by atoms with Crippen LogP contribution in [0.1, 0.15) is 5.69 Å². The number of rotatable bonds is 1. The van der Waals surface area contributed by atoms with Crippen LogP contribution in [0, 0.1) is 6.92 Å². The monoisotopic (exact) mass is 242 g/mol. The largest absolute Gasteiger partial charge is 0.281 e. The summed E-state index contributed by atoms with van der Waals surface area (Å²) in [6.07, 6.45) is 0. The van der Waals surface area contributed by atoms with Crippen molar-refractivity contribution in [1.82, 2.24) is 10.2 Å². The summed E-state index contributed by atoms with van der Waals surface area (Å²) in [5, 5.41) is 8.42. The lowest BCUT2D eigenvalue weighted by Gasteiger charge is -2.03. The second-order valence-electron chi connectivity index (χ2n) is 3.07. The minimum atomic E-state index is -3.85. The van der Waals surface area contributed by atoms with E-state index >= 15 is 0 Å². The molecule has 1 heterocycles. The van der Waals surface area contributed by atoms with Crippen LogP contribution in [0.5, 0.6) is 0 Å². The quantitative estimate of drug-likeness (QED) is 0.717. The zero-order valence-electron chi connectivity index (χ0n) is 7.81.